The summed E-state index contributed by atoms with van der Waals surface area (Å²) in [5.41, 5.74) is 1.47. The Balaban J connectivity index is 1.66. The highest BCUT2D eigenvalue weighted by atomic mass is 16.7. The van der Waals surface area contributed by atoms with Gasteiger partial charge in [0.2, 0.25) is 0 Å². The minimum Gasteiger partial charge on any atom is -0.347 e. The van der Waals surface area contributed by atoms with E-state index in [1.807, 2.05) is 11.8 Å². The van der Waals surface area contributed by atoms with Crippen molar-refractivity contribution in [3.63, 3.8) is 0 Å². The number of aryl methyl sites for hydroxylation is 1. The molecule has 2 aliphatic rings. The van der Waals surface area contributed by atoms with E-state index < -0.39 is 5.79 Å². The zero-order valence-corrected chi connectivity index (χ0v) is 10.4. The number of nitrogens with zero attached hydrogens (tertiary/aromatic N) is 2. The van der Waals surface area contributed by atoms with E-state index in [4.69, 9.17) is 9.47 Å². The minimum absolute atomic E-state index is 0.0362. The molecule has 2 aliphatic heterocycles. The second-order valence-electron chi connectivity index (χ2n) is 4.81. The number of hydrogen-bond acceptors (Lipinski definition) is 4. The quantitative estimate of drug-likeness (QED) is 0.797. The third-order valence-corrected chi connectivity index (χ3v) is 3.69. The first-order valence-corrected chi connectivity index (χ1v) is 6.27. The number of carbonyl (C=O) groups is 1. The lowest BCUT2D eigenvalue weighted by Gasteiger charge is -2.37. The summed E-state index contributed by atoms with van der Waals surface area (Å²) in [6.07, 6.45) is 3.08. The number of aromatic amines is 1. The third kappa shape index (κ3) is 1.91. The number of likely N-dealkylation sites (tertiary alicyclic amines) is 1. The smallest absolute Gasteiger partial charge is 0.257 e. The van der Waals surface area contributed by atoms with Crippen molar-refractivity contribution in [2.75, 3.05) is 26.3 Å². The van der Waals surface area contributed by atoms with Crippen molar-refractivity contribution in [1.82, 2.24) is 15.1 Å². The number of H-pyrrole nitrogens is 1. The van der Waals surface area contributed by atoms with E-state index in [1.165, 1.54) is 0 Å². The lowest BCUT2D eigenvalue weighted by molar-refractivity contribution is -0.181. The summed E-state index contributed by atoms with van der Waals surface area (Å²) in [5.74, 6) is -0.392. The van der Waals surface area contributed by atoms with E-state index >= 15 is 0 Å². The molecule has 6 nitrogen and oxygen atoms in total. The van der Waals surface area contributed by atoms with Gasteiger partial charge in [-0.1, -0.05) is 0 Å². The van der Waals surface area contributed by atoms with Gasteiger partial charge in [-0.05, 0) is 6.92 Å². The highest BCUT2D eigenvalue weighted by Gasteiger charge is 2.41. The van der Waals surface area contributed by atoms with E-state index in [-0.39, 0.29) is 5.91 Å². The molecule has 0 saturated carbocycles. The molecule has 1 aromatic rings. The number of ether oxygens (including phenoxy) is 2. The minimum atomic E-state index is -0.428. The molecule has 1 N–H and O–H groups in total. The summed E-state index contributed by atoms with van der Waals surface area (Å²) in [6, 6.07) is 0. The second-order valence-corrected chi connectivity index (χ2v) is 4.81. The Kier molecular flexibility index (Phi) is 2.83. The number of nitrogens with one attached hydrogen (secondary N) is 1. The highest BCUT2D eigenvalue weighted by molar-refractivity contribution is 5.95. The van der Waals surface area contributed by atoms with Gasteiger partial charge in [-0.25, -0.2) is 0 Å². The Morgan fingerprint density at radius 1 is 1.39 bits per heavy atom. The van der Waals surface area contributed by atoms with Crippen LogP contribution in [-0.2, 0) is 9.47 Å². The van der Waals surface area contributed by atoms with Crippen LogP contribution in [0.4, 0.5) is 0 Å². The molecule has 2 fully saturated rings. The van der Waals surface area contributed by atoms with Crippen LogP contribution in [0, 0.1) is 6.92 Å². The Morgan fingerprint density at radius 3 is 2.61 bits per heavy atom. The standard InChI is InChI=1S/C12H17N3O3/c1-9-10(8-13-14-9)11(16)15-4-2-12(3-5-15)17-6-7-18-12/h8H,2-7H2,1H3,(H,13,14). The molecule has 1 spiro atoms. The summed E-state index contributed by atoms with van der Waals surface area (Å²) >= 11 is 0. The van der Waals surface area contributed by atoms with Crippen molar-refractivity contribution < 1.29 is 14.3 Å². The van der Waals surface area contributed by atoms with Gasteiger partial charge in [-0.15, -0.1) is 0 Å². The topological polar surface area (TPSA) is 67.5 Å². The predicted octanol–water partition coefficient (Wildman–Crippen LogP) is 0.697. The van der Waals surface area contributed by atoms with Crippen molar-refractivity contribution >= 4 is 5.91 Å². The number of carbonyl (C=O) groups excluding carboxylic acids is 1. The fourth-order valence-electron chi connectivity index (χ4n) is 2.57. The molecule has 18 heavy (non-hydrogen) atoms. The van der Waals surface area contributed by atoms with Crippen LogP contribution in [0.2, 0.25) is 0 Å². The predicted molar refractivity (Wildman–Crippen MR) is 63.1 cm³/mol. The molecule has 3 rings (SSSR count). The molecule has 2 saturated heterocycles. The normalized spacial score (nSPS) is 22.6. The van der Waals surface area contributed by atoms with Gasteiger partial charge in [0, 0.05) is 31.6 Å². The van der Waals surface area contributed by atoms with Gasteiger partial charge < -0.3 is 14.4 Å². The number of rotatable bonds is 1. The fourth-order valence-corrected chi connectivity index (χ4v) is 2.57. The number of aromatic nitrogens is 2. The van der Waals surface area contributed by atoms with E-state index in [0.717, 1.165) is 18.5 Å². The summed E-state index contributed by atoms with van der Waals surface area (Å²) in [4.78, 5) is 14.1. The lowest BCUT2D eigenvalue weighted by atomic mass is 10.0. The lowest BCUT2D eigenvalue weighted by Crippen LogP contribution is -2.47. The molecule has 6 heteroatoms. The second kappa shape index (κ2) is 4.37. The molecule has 3 heterocycles. The summed E-state index contributed by atoms with van der Waals surface area (Å²) < 4.78 is 11.3. The van der Waals surface area contributed by atoms with Gasteiger partial charge in [0.15, 0.2) is 5.79 Å². The zero-order valence-electron chi connectivity index (χ0n) is 10.4. The largest absolute Gasteiger partial charge is 0.347 e. The van der Waals surface area contributed by atoms with Gasteiger partial charge in [0.1, 0.15) is 0 Å². The molecule has 0 atom stereocenters. The molecule has 0 bridgehead atoms. The highest BCUT2D eigenvalue weighted by Crippen LogP contribution is 2.31. The first kappa shape index (κ1) is 11.7. The summed E-state index contributed by atoms with van der Waals surface area (Å²) in [7, 11) is 0. The molecule has 0 unspecified atom stereocenters. The van der Waals surface area contributed by atoms with E-state index in [1.54, 1.807) is 6.20 Å². The molecule has 0 aliphatic carbocycles. The summed E-state index contributed by atoms with van der Waals surface area (Å²) in [5, 5.41) is 6.68. The molecule has 0 aromatic carbocycles. The van der Waals surface area contributed by atoms with E-state index in [2.05, 4.69) is 10.2 Å². The van der Waals surface area contributed by atoms with Crippen LogP contribution >= 0.6 is 0 Å². The molecular formula is C12H17N3O3. The Bertz CT molecular complexity index is 441. The van der Waals surface area contributed by atoms with Gasteiger partial charge in [-0.2, -0.15) is 5.10 Å². The van der Waals surface area contributed by atoms with E-state index in [9.17, 15) is 4.79 Å². The van der Waals surface area contributed by atoms with Crippen molar-refractivity contribution in [1.29, 1.82) is 0 Å². The van der Waals surface area contributed by atoms with Crippen LogP contribution in [0.25, 0.3) is 0 Å². The van der Waals surface area contributed by atoms with Crippen LogP contribution in [0.1, 0.15) is 28.9 Å². The van der Waals surface area contributed by atoms with Gasteiger partial charge in [-0.3, -0.25) is 9.89 Å². The van der Waals surface area contributed by atoms with Crippen LogP contribution in [0.3, 0.4) is 0 Å². The third-order valence-electron chi connectivity index (χ3n) is 3.69. The van der Waals surface area contributed by atoms with Crippen molar-refractivity contribution in [3.8, 4) is 0 Å². The van der Waals surface area contributed by atoms with Crippen LogP contribution < -0.4 is 0 Å². The first-order chi connectivity index (χ1) is 8.70. The van der Waals surface area contributed by atoms with Crippen molar-refractivity contribution in [3.05, 3.63) is 17.5 Å². The number of hydrogen-bond donors (Lipinski definition) is 1. The first-order valence-electron chi connectivity index (χ1n) is 6.27. The zero-order chi connectivity index (χ0) is 12.6. The van der Waals surface area contributed by atoms with E-state index in [0.29, 0.717) is 31.9 Å². The SMILES string of the molecule is Cc1[nH]ncc1C(=O)N1CCC2(CC1)OCCO2. The van der Waals surface area contributed by atoms with Crippen molar-refractivity contribution in [2.45, 2.75) is 25.6 Å². The Labute approximate surface area is 105 Å². The molecule has 1 aromatic heterocycles. The summed E-state index contributed by atoms with van der Waals surface area (Å²) in [6.45, 7) is 4.52. The molecule has 1 amide bonds. The molecular weight excluding hydrogens is 234 g/mol. The van der Waals surface area contributed by atoms with Gasteiger partial charge >= 0.3 is 0 Å². The van der Waals surface area contributed by atoms with Gasteiger partial charge in [0.25, 0.3) is 5.91 Å². The molecule has 0 radical (unpaired) electrons. The average Bonchev–Trinajstić information content (AvgIpc) is 2.99. The number of amides is 1. The Hall–Kier alpha value is -1.40. The monoisotopic (exact) mass is 251 g/mol. The Morgan fingerprint density at radius 2 is 2.06 bits per heavy atom. The van der Waals surface area contributed by atoms with Gasteiger partial charge in [0.05, 0.1) is 25.0 Å². The van der Waals surface area contributed by atoms with Crippen LogP contribution in [-0.4, -0.2) is 53.1 Å². The maximum absolute atomic E-state index is 12.3. The van der Waals surface area contributed by atoms with Crippen LogP contribution in [0.15, 0.2) is 6.20 Å². The van der Waals surface area contributed by atoms with Crippen LogP contribution in [0.5, 0.6) is 0 Å². The maximum Gasteiger partial charge on any atom is 0.257 e. The number of piperidine rings is 1. The maximum atomic E-state index is 12.3. The van der Waals surface area contributed by atoms with Crippen molar-refractivity contribution in [2.24, 2.45) is 0 Å². The molecule has 98 valence electrons. The fraction of sp³-hybridized carbons (Fsp3) is 0.667. The average molecular weight is 251 g/mol.